The zero-order valence-electron chi connectivity index (χ0n) is 10.5. The topological polar surface area (TPSA) is 58.8 Å². The predicted octanol–water partition coefficient (Wildman–Crippen LogP) is 2.43. The smallest absolute Gasteiger partial charge is 0.252 e. The third-order valence-corrected chi connectivity index (χ3v) is 2.48. The number of allylic oxidation sites excluding steroid dienone is 1. The van der Waals surface area contributed by atoms with Gasteiger partial charge in [-0.15, -0.1) is 5.10 Å². The van der Waals surface area contributed by atoms with E-state index in [1.165, 1.54) is 0 Å². The summed E-state index contributed by atoms with van der Waals surface area (Å²) in [4.78, 5) is 0. The van der Waals surface area contributed by atoms with Crippen LogP contribution in [-0.2, 0) is 12.8 Å². The quantitative estimate of drug-likeness (QED) is 0.730. The van der Waals surface area contributed by atoms with Gasteiger partial charge < -0.3 is 4.74 Å². The van der Waals surface area contributed by atoms with Crippen LogP contribution in [0.25, 0.3) is 0 Å². The van der Waals surface area contributed by atoms with Crippen LogP contribution in [0.3, 0.4) is 0 Å². The molecule has 0 saturated heterocycles. The average Bonchev–Trinajstić information content (AvgIpc) is 2.38. The molecular weight excluding hydrogens is 214 g/mol. The van der Waals surface area contributed by atoms with Crippen LogP contribution in [0, 0.1) is 11.3 Å². The predicted molar refractivity (Wildman–Crippen MR) is 65.8 cm³/mol. The Balaban J connectivity index is 3.11. The molecule has 0 atom stereocenters. The Hall–Kier alpha value is -1.89. The molecular formula is C13H17N3O. The van der Waals surface area contributed by atoms with Gasteiger partial charge in [0.25, 0.3) is 5.88 Å². The first-order valence-corrected chi connectivity index (χ1v) is 5.80. The highest BCUT2D eigenvalue weighted by Gasteiger charge is 2.14. The zero-order chi connectivity index (χ0) is 12.7. The number of hydrogen-bond donors (Lipinski definition) is 0. The first-order chi connectivity index (χ1) is 8.28. The van der Waals surface area contributed by atoms with Gasteiger partial charge in [-0.05, 0) is 25.3 Å². The number of hydrogen-bond acceptors (Lipinski definition) is 4. The maximum atomic E-state index is 9.19. The van der Waals surface area contributed by atoms with Crippen molar-refractivity contribution in [3.8, 4) is 11.9 Å². The Morgan fingerprint density at radius 1 is 1.29 bits per heavy atom. The van der Waals surface area contributed by atoms with Crippen LogP contribution in [0.4, 0.5) is 0 Å². The lowest BCUT2D eigenvalue weighted by atomic mass is 10.0. The highest BCUT2D eigenvalue weighted by molar-refractivity contribution is 5.46. The standard InChI is InChI=1S/C13H17N3O/c1-4-7-8-17-13-11(9-14)10(5-2)12(6-3)15-16-13/h4,7H,5-6,8H2,1-3H3/b7-4+. The van der Waals surface area contributed by atoms with E-state index in [2.05, 4.69) is 16.3 Å². The molecule has 1 aromatic heterocycles. The first-order valence-electron chi connectivity index (χ1n) is 5.80. The molecule has 0 aromatic carbocycles. The molecule has 0 bridgehead atoms. The van der Waals surface area contributed by atoms with Crippen LogP contribution in [0.15, 0.2) is 12.2 Å². The number of aromatic nitrogens is 2. The molecule has 0 radical (unpaired) electrons. The van der Waals surface area contributed by atoms with Gasteiger partial charge in [-0.1, -0.05) is 26.0 Å². The molecule has 4 heteroatoms. The van der Waals surface area contributed by atoms with Crippen LogP contribution in [0.2, 0.25) is 0 Å². The van der Waals surface area contributed by atoms with E-state index < -0.39 is 0 Å². The molecule has 17 heavy (non-hydrogen) atoms. The lowest BCUT2D eigenvalue weighted by Gasteiger charge is -2.10. The minimum Gasteiger partial charge on any atom is -0.471 e. The Kier molecular flexibility index (Phi) is 5.15. The molecule has 0 aliphatic heterocycles. The van der Waals surface area contributed by atoms with E-state index in [4.69, 9.17) is 4.74 Å². The van der Waals surface area contributed by atoms with Crippen molar-refractivity contribution in [2.75, 3.05) is 6.61 Å². The van der Waals surface area contributed by atoms with Crippen molar-refractivity contribution in [2.24, 2.45) is 0 Å². The largest absolute Gasteiger partial charge is 0.471 e. The fraction of sp³-hybridized carbons (Fsp3) is 0.462. The maximum absolute atomic E-state index is 9.19. The van der Waals surface area contributed by atoms with E-state index in [9.17, 15) is 5.26 Å². The SMILES string of the molecule is C/C=C/COc1nnc(CC)c(CC)c1C#N. The van der Waals surface area contributed by atoms with Gasteiger partial charge in [-0.2, -0.15) is 10.4 Å². The fourth-order valence-electron chi connectivity index (χ4n) is 1.59. The molecule has 1 aromatic rings. The molecule has 0 amide bonds. The Morgan fingerprint density at radius 2 is 2.06 bits per heavy atom. The van der Waals surface area contributed by atoms with Gasteiger partial charge in [-0.25, -0.2) is 0 Å². The molecule has 0 fully saturated rings. The summed E-state index contributed by atoms with van der Waals surface area (Å²) in [5, 5.41) is 17.3. The second kappa shape index (κ2) is 6.64. The first kappa shape index (κ1) is 13.2. The minimum absolute atomic E-state index is 0.333. The summed E-state index contributed by atoms with van der Waals surface area (Å²) in [5.74, 6) is 0.333. The van der Waals surface area contributed by atoms with Crippen molar-refractivity contribution in [3.05, 3.63) is 29.0 Å². The van der Waals surface area contributed by atoms with E-state index in [-0.39, 0.29) is 0 Å². The molecule has 90 valence electrons. The summed E-state index contributed by atoms with van der Waals surface area (Å²) in [6, 6.07) is 2.17. The van der Waals surface area contributed by atoms with Gasteiger partial charge in [0.2, 0.25) is 0 Å². The molecule has 1 heterocycles. The maximum Gasteiger partial charge on any atom is 0.252 e. The highest BCUT2D eigenvalue weighted by atomic mass is 16.5. The third kappa shape index (κ3) is 3.04. The molecule has 0 spiro atoms. The van der Waals surface area contributed by atoms with Crippen molar-refractivity contribution in [2.45, 2.75) is 33.6 Å². The van der Waals surface area contributed by atoms with E-state index >= 15 is 0 Å². The molecule has 0 unspecified atom stereocenters. The van der Waals surface area contributed by atoms with Crippen LogP contribution in [0.1, 0.15) is 37.6 Å². The summed E-state index contributed by atoms with van der Waals surface area (Å²) in [6.45, 7) is 6.34. The van der Waals surface area contributed by atoms with E-state index in [1.54, 1.807) is 0 Å². The highest BCUT2D eigenvalue weighted by Crippen LogP contribution is 2.21. The van der Waals surface area contributed by atoms with Gasteiger partial charge in [0.05, 0.1) is 5.69 Å². The molecule has 0 aliphatic rings. The summed E-state index contributed by atoms with van der Waals surface area (Å²) >= 11 is 0. The number of rotatable bonds is 5. The van der Waals surface area contributed by atoms with Crippen molar-refractivity contribution in [1.82, 2.24) is 10.2 Å². The lowest BCUT2D eigenvalue weighted by Crippen LogP contribution is -2.07. The summed E-state index contributed by atoms with van der Waals surface area (Å²) in [6.07, 6.45) is 5.30. The van der Waals surface area contributed by atoms with Gasteiger partial charge >= 0.3 is 0 Å². The monoisotopic (exact) mass is 231 g/mol. The van der Waals surface area contributed by atoms with Gasteiger partial charge in [0.15, 0.2) is 0 Å². The van der Waals surface area contributed by atoms with Crippen molar-refractivity contribution < 1.29 is 4.74 Å². The van der Waals surface area contributed by atoms with Crippen molar-refractivity contribution in [3.63, 3.8) is 0 Å². The van der Waals surface area contributed by atoms with Gasteiger partial charge in [-0.3, -0.25) is 0 Å². The zero-order valence-corrected chi connectivity index (χ0v) is 10.5. The van der Waals surface area contributed by atoms with E-state index in [0.29, 0.717) is 18.1 Å². The Bertz CT molecular complexity index is 447. The Morgan fingerprint density at radius 3 is 2.59 bits per heavy atom. The summed E-state index contributed by atoms with van der Waals surface area (Å²) in [7, 11) is 0. The Labute approximate surface area is 102 Å². The lowest BCUT2D eigenvalue weighted by molar-refractivity contribution is 0.341. The normalized spacial score (nSPS) is 10.5. The van der Waals surface area contributed by atoms with Gasteiger partial charge in [0.1, 0.15) is 18.2 Å². The summed E-state index contributed by atoms with van der Waals surface area (Å²) in [5.41, 5.74) is 2.34. The molecule has 0 N–H and O–H groups in total. The number of nitrogens with zero attached hydrogens (tertiary/aromatic N) is 3. The molecule has 0 saturated carbocycles. The van der Waals surface area contributed by atoms with E-state index in [1.807, 2.05) is 32.9 Å². The second-order valence-corrected chi connectivity index (χ2v) is 3.50. The number of ether oxygens (including phenoxy) is 1. The third-order valence-electron chi connectivity index (χ3n) is 2.48. The fourth-order valence-corrected chi connectivity index (χ4v) is 1.59. The van der Waals surface area contributed by atoms with Crippen LogP contribution in [-0.4, -0.2) is 16.8 Å². The molecule has 1 rings (SSSR count). The van der Waals surface area contributed by atoms with Gasteiger partial charge in [0, 0.05) is 0 Å². The van der Waals surface area contributed by atoms with Crippen LogP contribution < -0.4 is 4.74 Å². The molecule has 4 nitrogen and oxygen atoms in total. The number of aryl methyl sites for hydroxylation is 1. The van der Waals surface area contributed by atoms with Crippen molar-refractivity contribution >= 4 is 0 Å². The number of nitriles is 1. The second-order valence-electron chi connectivity index (χ2n) is 3.50. The average molecular weight is 231 g/mol. The minimum atomic E-state index is 0.333. The summed E-state index contributed by atoms with van der Waals surface area (Å²) < 4.78 is 5.43. The van der Waals surface area contributed by atoms with Crippen LogP contribution in [0.5, 0.6) is 5.88 Å². The van der Waals surface area contributed by atoms with E-state index in [0.717, 1.165) is 24.1 Å². The van der Waals surface area contributed by atoms with Crippen molar-refractivity contribution in [1.29, 1.82) is 5.26 Å². The van der Waals surface area contributed by atoms with Crippen LogP contribution >= 0.6 is 0 Å². The molecule has 0 aliphatic carbocycles.